The van der Waals surface area contributed by atoms with Crippen molar-refractivity contribution >= 4 is 28.8 Å². The largest absolute Gasteiger partial charge is 0.371 e. The number of benzene rings is 2. The third-order valence-corrected chi connectivity index (χ3v) is 5.45. The lowest BCUT2D eigenvalue weighted by Gasteiger charge is -2.44. The van der Waals surface area contributed by atoms with Gasteiger partial charge in [0.25, 0.3) is 0 Å². The normalized spacial score (nSPS) is 20.0. The molecule has 1 saturated carbocycles. The molecule has 4 rings (SSSR count). The zero-order valence-corrected chi connectivity index (χ0v) is 14.7. The van der Waals surface area contributed by atoms with Crippen LogP contribution in [0.4, 0.5) is 15.8 Å². The number of hydrogen-bond acceptors (Lipinski definition) is 2. The monoisotopic (exact) mass is 357 g/mol. The summed E-state index contributed by atoms with van der Waals surface area (Å²) in [6.07, 6.45) is 5.65. The summed E-state index contributed by atoms with van der Waals surface area (Å²) >= 11 is 5.89. The molecule has 2 aliphatic rings. The van der Waals surface area contributed by atoms with Gasteiger partial charge in [-0.05, 0) is 31.0 Å². The second-order valence-electron chi connectivity index (χ2n) is 6.82. The van der Waals surface area contributed by atoms with Gasteiger partial charge in [0.1, 0.15) is 11.7 Å². The van der Waals surface area contributed by atoms with Crippen molar-refractivity contribution in [3.63, 3.8) is 0 Å². The molecule has 0 unspecified atom stereocenters. The third-order valence-electron chi connectivity index (χ3n) is 5.15. The Hall–Kier alpha value is -2.07. The Kier molecular flexibility index (Phi) is 4.38. The van der Waals surface area contributed by atoms with Crippen LogP contribution in [0.5, 0.6) is 0 Å². The minimum absolute atomic E-state index is 0.144. The van der Waals surface area contributed by atoms with E-state index in [9.17, 15) is 4.39 Å². The zero-order valence-electron chi connectivity index (χ0n) is 14.0. The molecule has 0 bridgehead atoms. The minimum Gasteiger partial charge on any atom is -0.371 e. The lowest BCUT2D eigenvalue weighted by molar-refractivity contribution is 0.402. The summed E-state index contributed by atoms with van der Waals surface area (Å²) in [7, 11) is 0. The van der Waals surface area contributed by atoms with Gasteiger partial charge in [-0.2, -0.15) is 0 Å². The molecular formula is C20H21ClFN3. The van der Waals surface area contributed by atoms with E-state index in [4.69, 9.17) is 16.6 Å². The maximum Gasteiger partial charge on any atom is 0.146 e. The second-order valence-corrected chi connectivity index (χ2v) is 7.22. The molecule has 2 aromatic carbocycles. The highest BCUT2D eigenvalue weighted by molar-refractivity contribution is 6.30. The van der Waals surface area contributed by atoms with Crippen molar-refractivity contribution in [2.24, 2.45) is 4.99 Å². The van der Waals surface area contributed by atoms with Crippen molar-refractivity contribution in [3.8, 4) is 0 Å². The Morgan fingerprint density at radius 3 is 2.56 bits per heavy atom. The van der Waals surface area contributed by atoms with Crippen molar-refractivity contribution < 1.29 is 4.39 Å². The predicted octanol–water partition coefficient (Wildman–Crippen LogP) is 5.62. The molecule has 0 radical (unpaired) electrons. The maximum absolute atomic E-state index is 14.2. The standard InChI is InChI=1S/C20H21ClFN3/c21-15-8-6-7-14(18(15)22)13-23-19-20(11-4-1-5-12-20)25-17-10-3-2-9-16(17)24-19/h2-3,6-10,25H,1,4-5,11-13H2,(H,23,24). The molecule has 25 heavy (non-hydrogen) atoms. The van der Waals surface area contributed by atoms with Crippen LogP contribution in [-0.2, 0) is 6.54 Å². The highest BCUT2D eigenvalue weighted by atomic mass is 35.5. The maximum atomic E-state index is 14.2. The van der Waals surface area contributed by atoms with Gasteiger partial charge in [0.05, 0.1) is 28.5 Å². The molecule has 0 atom stereocenters. The van der Waals surface area contributed by atoms with Crippen molar-refractivity contribution in [1.29, 1.82) is 0 Å². The number of para-hydroxylation sites is 2. The summed E-state index contributed by atoms with van der Waals surface area (Å²) in [5.74, 6) is 0.528. The Bertz CT molecular complexity index is 812. The van der Waals surface area contributed by atoms with Crippen LogP contribution < -0.4 is 10.6 Å². The van der Waals surface area contributed by atoms with Crippen LogP contribution in [-0.4, -0.2) is 11.4 Å². The van der Waals surface area contributed by atoms with E-state index in [1.165, 1.54) is 19.3 Å². The van der Waals surface area contributed by atoms with Crippen molar-refractivity contribution in [2.75, 3.05) is 10.6 Å². The van der Waals surface area contributed by atoms with Gasteiger partial charge >= 0.3 is 0 Å². The van der Waals surface area contributed by atoms with E-state index >= 15 is 0 Å². The molecule has 1 aliphatic heterocycles. The number of hydrogen-bond donors (Lipinski definition) is 2. The van der Waals surface area contributed by atoms with E-state index < -0.39 is 0 Å². The first-order valence-electron chi connectivity index (χ1n) is 8.80. The first-order valence-corrected chi connectivity index (χ1v) is 9.18. The molecule has 1 aliphatic carbocycles. The number of amidine groups is 1. The van der Waals surface area contributed by atoms with E-state index in [1.807, 2.05) is 18.2 Å². The second kappa shape index (κ2) is 6.68. The van der Waals surface area contributed by atoms with Gasteiger partial charge < -0.3 is 10.6 Å². The topological polar surface area (TPSA) is 36.4 Å². The van der Waals surface area contributed by atoms with E-state index in [0.717, 1.165) is 30.1 Å². The Morgan fingerprint density at radius 2 is 1.76 bits per heavy atom. The van der Waals surface area contributed by atoms with Gasteiger partial charge in [-0.15, -0.1) is 0 Å². The average Bonchev–Trinajstić information content (AvgIpc) is 2.64. The van der Waals surface area contributed by atoms with Gasteiger partial charge in [-0.3, -0.25) is 4.99 Å². The highest BCUT2D eigenvalue weighted by Gasteiger charge is 2.40. The molecule has 1 spiro atoms. The Balaban J connectivity index is 1.68. The summed E-state index contributed by atoms with van der Waals surface area (Å²) in [4.78, 5) is 4.78. The van der Waals surface area contributed by atoms with Crippen molar-refractivity contribution in [3.05, 3.63) is 58.9 Å². The van der Waals surface area contributed by atoms with E-state index in [1.54, 1.807) is 18.2 Å². The van der Waals surface area contributed by atoms with E-state index in [0.29, 0.717) is 5.56 Å². The van der Waals surface area contributed by atoms with E-state index in [-0.39, 0.29) is 22.9 Å². The van der Waals surface area contributed by atoms with Gasteiger partial charge in [-0.25, -0.2) is 4.39 Å². The van der Waals surface area contributed by atoms with Crippen LogP contribution in [0.2, 0.25) is 5.02 Å². The lowest BCUT2D eigenvalue weighted by Crippen LogP contribution is -2.53. The van der Waals surface area contributed by atoms with Crippen LogP contribution in [0, 0.1) is 5.82 Å². The fraction of sp³-hybridized carbons (Fsp3) is 0.350. The molecule has 2 N–H and O–H groups in total. The lowest BCUT2D eigenvalue weighted by atomic mass is 9.79. The number of nitrogens with zero attached hydrogens (tertiary/aromatic N) is 1. The minimum atomic E-state index is -0.379. The van der Waals surface area contributed by atoms with Crippen LogP contribution in [0.15, 0.2) is 47.5 Å². The van der Waals surface area contributed by atoms with Crippen LogP contribution in [0.25, 0.3) is 0 Å². The van der Waals surface area contributed by atoms with Gasteiger partial charge in [0.2, 0.25) is 0 Å². The Morgan fingerprint density at radius 1 is 1.00 bits per heavy atom. The summed E-state index contributed by atoms with van der Waals surface area (Å²) in [5, 5.41) is 7.35. The molecule has 130 valence electrons. The summed E-state index contributed by atoms with van der Waals surface area (Å²) in [5.41, 5.74) is 2.47. The van der Waals surface area contributed by atoms with Gasteiger partial charge in [0, 0.05) is 5.56 Å². The molecule has 0 amide bonds. The SMILES string of the molecule is Fc1c(Cl)cccc1CN=C1Nc2ccccc2NC12CCCCC2. The molecule has 2 aromatic rings. The Labute approximate surface area is 152 Å². The first-order chi connectivity index (χ1) is 12.2. The fourth-order valence-electron chi connectivity index (χ4n) is 3.81. The van der Waals surface area contributed by atoms with Crippen molar-refractivity contribution in [2.45, 2.75) is 44.2 Å². The molecule has 1 heterocycles. The smallest absolute Gasteiger partial charge is 0.146 e. The molecule has 3 nitrogen and oxygen atoms in total. The number of anilines is 2. The van der Waals surface area contributed by atoms with Gasteiger partial charge in [0.15, 0.2) is 0 Å². The number of fused-ring (bicyclic) bond motifs is 1. The number of halogens is 2. The summed E-state index contributed by atoms with van der Waals surface area (Å²) in [6.45, 7) is 0.278. The molecular weight excluding hydrogens is 337 g/mol. The highest BCUT2D eigenvalue weighted by Crippen LogP contribution is 2.39. The van der Waals surface area contributed by atoms with E-state index in [2.05, 4.69) is 16.7 Å². The summed E-state index contributed by atoms with van der Waals surface area (Å²) < 4.78 is 14.2. The number of aliphatic imine (C=N–C) groups is 1. The first kappa shape index (κ1) is 16.4. The fourth-order valence-corrected chi connectivity index (χ4v) is 4.00. The van der Waals surface area contributed by atoms with Crippen LogP contribution in [0.1, 0.15) is 37.7 Å². The van der Waals surface area contributed by atoms with Gasteiger partial charge in [-0.1, -0.05) is 55.1 Å². The number of nitrogens with one attached hydrogen (secondary N) is 2. The molecule has 1 fully saturated rings. The summed E-state index contributed by atoms with van der Waals surface area (Å²) in [6, 6.07) is 13.2. The predicted molar refractivity (Wildman–Crippen MR) is 102 cm³/mol. The quantitative estimate of drug-likeness (QED) is 0.732. The number of rotatable bonds is 2. The zero-order chi connectivity index (χ0) is 17.3. The van der Waals surface area contributed by atoms with Crippen LogP contribution in [0.3, 0.4) is 0 Å². The van der Waals surface area contributed by atoms with Crippen molar-refractivity contribution in [1.82, 2.24) is 0 Å². The molecule has 0 saturated heterocycles. The van der Waals surface area contributed by atoms with Crippen LogP contribution >= 0.6 is 11.6 Å². The third kappa shape index (κ3) is 3.11. The molecule has 0 aromatic heterocycles. The molecule has 5 heteroatoms. The average molecular weight is 358 g/mol.